The van der Waals surface area contributed by atoms with Crippen molar-refractivity contribution < 1.29 is 4.79 Å². The van der Waals surface area contributed by atoms with Gasteiger partial charge >= 0.3 is 0 Å². The molecule has 0 saturated carbocycles. The molecular weight excluding hydrogens is 228 g/mol. The molecule has 2 aliphatic heterocycles. The summed E-state index contributed by atoms with van der Waals surface area (Å²) < 4.78 is 0. The quantitative estimate of drug-likeness (QED) is 0.761. The van der Waals surface area contributed by atoms with Gasteiger partial charge in [-0.15, -0.1) is 0 Å². The van der Waals surface area contributed by atoms with Crippen LogP contribution >= 0.6 is 0 Å². The summed E-state index contributed by atoms with van der Waals surface area (Å²) in [4.78, 5) is 16.2. The normalized spacial score (nSPS) is 23.8. The number of amides is 1. The average Bonchev–Trinajstić information content (AvgIpc) is 2.77. The molecule has 0 bridgehead atoms. The molecule has 3 rings (SSSR count). The Morgan fingerprint density at radius 1 is 1.44 bits per heavy atom. The van der Waals surface area contributed by atoms with E-state index >= 15 is 0 Å². The standard InChI is InChI=1S/C13H14N4O/c14-7-10-2-1-3-11(6-10)17-9-16-5-4-15-8-12(16)13(17)18/h1-3,6,12,15H,4-5,8-9H2. The molecule has 2 aliphatic rings. The number of fused-ring (bicyclic) bond motifs is 1. The molecule has 1 unspecified atom stereocenters. The third-order valence-electron chi connectivity index (χ3n) is 3.52. The molecule has 2 heterocycles. The molecule has 5 nitrogen and oxygen atoms in total. The number of hydrogen-bond acceptors (Lipinski definition) is 4. The van der Waals surface area contributed by atoms with Crippen molar-refractivity contribution in [3.63, 3.8) is 0 Å². The molecule has 92 valence electrons. The van der Waals surface area contributed by atoms with Crippen molar-refractivity contribution >= 4 is 11.6 Å². The fraction of sp³-hybridized carbons (Fsp3) is 0.385. The lowest BCUT2D eigenvalue weighted by Gasteiger charge is -2.26. The number of nitrogens with zero attached hydrogens (tertiary/aromatic N) is 3. The minimum Gasteiger partial charge on any atom is -0.313 e. The van der Waals surface area contributed by atoms with E-state index in [1.165, 1.54) is 0 Å². The Balaban J connectivity index is 1.89. The number of anilines is 1. The van der Waals surface area contributed by atoms with E-state index in [1.54, 1.807) is 17.0 Å². The summed E-state index contributed by atoms with van der Waals surface area (Å²) in [6, 6.07) is 9.27. The van der Waals surface area contributed by atoms with E-state index in [2.05, 4.69) is 16.3 Å². The zero-order valence-corrected chi connectivity index (χ0v) is 9.97. The highest BCUT2D eigenvalue weighted by Crippen LogP contribution is 2.24. The first-order valence-corrected chi connectivity index (χ1v) is 6.06. The first kappa shape index (κ1) is 11.2. The van der Waals surface area contributed by atoms with E-state index < -0.39 is 0 Å². The van der Waals surface area contributed by atoms with Crippen molar-refractivity contribution in [3.05, 3.63) is 29.8 Å². The molecule has 1 amide bonds. The predicted octanol–water partition coefficient (Wildman–Crippen LogP) is 0.136. The van der Waals surface area contributed by atoms with Crippen molar-refractivity contribution in [2.75, 3.05) is 31.2 Å². The summed E-state index contributed by atoms with van der Waals surface area (Å²) >= 11 is 0. The Bertz CT molecular complexity index is 522. The first-order chi connectivity index (χ1) is 8.79. The topological polar surface area (TPSA) is 59.4 Å². The van der Waals surface area contributed by atoms with Crippen LogP contribution in [0.25, 0.3) is 0 Å². The molecule has 1 aromatic rings. The summed E-state index contributed by atoms with van der Waals surface area (Å²) in [7, 11) is 0. The largest absolute Gasteiger partial charge is 0.313 e. The van der Waals surface area contributed by atoms with Crippen LogP contribution < -0.4 is 10.2 Å². The monoisotopic (exact) mass is 242 g/mol. The Hall–Kier alpha value is -1.90. The van der Waals surface area contributed by atoms with Crippen LogP contribution in [0.2, 0.25) is 0 Å². The average molecular weight is 242 g/mol. The van der Waals surface area contributed by atoms with Crippen molar-refractivity contribution in [2.24, 2.45) is 0 Å². The smallest absolute Gasteiger partial charge is 0.246 e. The highest BCUT2D eigenvalue weighted by Gasteiger charge is 2.40. The van der Waals surface area contributed by atoms with Crippen LogP contribution in [0.3, 0.4) is 0 Å². The van der Waals surface area contributed by atoms with Gasteiger partial charge in [0.15, 0.2) is 0 Å². The molecule has 5 heteroatoms. The van der Waals surface area contributed by atoms with Gasteiger partial charge in [0, 0.05) is 25.3 Å². The van der Waals surface area contributed by atoms with Crippen LogP contribution in [0.15, 0.2) is 24.3 Å². The second kappa shape index (κ2) is 4.41. The molecule has 1 aromatic carbocycles. The highest BCUT2D eigenvalue weighted by molar-refractivity contribution is 5.99. The van der Waals surface area contributed by atoms with Crippen LogP contribution in [0, 0.1) is 11.3 Å². The molecular formula is C13H14N4O. The van der Waals surface area contributed by atoms with E-state index in [9.17, 15) is 4.79 Å². The van der Waals surface area contributed by atoms with Crippen LogP contribution in [0.5, 0.6) is 0 Å². The Morgan fingerprint density at radius 3 is 3.11 bits per heavy atom. The predicted molar refractivity (Wildman–Crippen MR) is 66.9 cm³/mol. The minimum atomic E-state index is -0.0514. The molecule has 18 heavy (non-hydrogen) atoms. The number of carbonyl (C=O) groups is 1. The van der Waals surface area contributed by atoms with E-state index in [4.69, 9.17) is 5.26 Å². The highest BCUT2D eigenvalue weighted by atomic mass is 16.2. The zero-order valence-electron chi connectivity index (χ0n) is 9.97. The summed E-state index contributed by atoms with van der Waals surface area (Å²) in [5.41, 5.74) is 1.40. The van der Waals surface area contributed by atoms with Crippen molar-refractivity contribution in [2.45, 2.75) is 6.04 Å². The number of hydrogen-bond donors (Lipinski definition) is 1. The summed E-state index contributed by atoms with van der Waals surface area (Å²) in [6.45, 7) is 3.16. The van der Waals surface area contributed by atoms with Gasteiger partial charge in [-0.05, 0) is 18.2 Å². The zero-order chi connectivity index (χ0) is 12.5. The summed E-state index contributed by atoms with van der Waals surface area (Å²) in [6.07, 6.45) is 0. The molecule has 1 N–H and O–H groups in total. The third-order valence-corrected chi connectivity index (χ3v) is 3.52. The fourth-order valence-corrected chi connectivity index (χ4v) is 2.54. The molecule has 2 saturated heterocycles. The number of carbonyl (C=O) groups excluding carboxylic acids is 1. The van der Waals surface area contributed by atoms with Crippen molar-refractivity contribution in [1.82, 2.24) is 10.2 Å². The van der Waals surface area contributed by atoms with E-state index in [-0.39, 0.29) is 11.9 Å². The fourth-order valence-electron chi connectivity index (χ4n) is 2.54. The number of piperazine rings is 1. The van der Waals surface area contributed by atoms with Gasteiger partial charge < -0.3 is 5.32 Å². The summed E-state index contributed by atoms with van der Waals surface area (Å²) in [5.74, 6) is 0.122. The molecule has 2 fully saturated rings. The lowest BCUT2D eigenvalue weighted by Crippen LogP contribution is -2.50. The maximum Gasteiger partial charge on any atom is 0.246 e. The van der Waals surface area contributed by atoms with Gasteiger partial charge in [-0.2, -0.15) is 5.26 Å². The van der Waals surface area contributed by atoms with E-state index in [0.29, 0.717) is 18.8 Å². The number of nitrogens with one attached hydrogen (secondary N) is 1. The van der Waals surface area contributed by atoms with Crippen molar-refractivity contribution in [1.29, 1.82) is 5.26 Å². The lowest BCUT2D eigenvalue weighted by atomic mass is 10.2. The number of rotatable bonds is 1. The van der Waals surface area contributed by atoms with Crippen LogP contribution in [-0.2, 0) is 4.79 Å². The number of benzene rings is 1. The second-order valence-electron chi connectivity index (χ2n) is 4.60. The van der Waals surface area contributed by atoms with Gasteiger partial charge in [-0.3, -0.25) is 14.6 Å². The second-order valence-corrected chi connectivity index (χ2v) is 4.60. The third kappa shape index (κ3) is 1.76. The molecule has 0 aromatic heterocycles. The van der Waals surface area contributed by atoms with Gasteiger partial charge in [0.2, 0.25) is 5.91 Å². The Morgan fingerprint density at radius 2 is 2.33 bits per heavy atom. The van der Waals surface area contributed by atoms with E-state index in [1.807, 2.05) is 12.1 Å². The van der Waals surface area contributed by atoms with Crippen molar-refractivity contribution in [3.8, 4) is 6.07 Å². The van der Waals surface area contributed by atoms with Gasteiger partial charge in [0.25, 0.3) is 0 Å². The molecule has 0 aliphatic carbocycles. The maximum atomic E-state index is 12.3. The molecule has 1 atom stereocenters. The van der Waals surface area contributed by atoms with Gasteiger partial charge in [0.1, 0.15) is 6.04 Å². The van der Waals surface area contributed by atoms with Crippen LogP contribution in [0.1, 0.15) is 5.56 Å². The Labute approximate surface area is 106 Å². The number of nitriles is 1. The van der Waals surface area contributed by atoms with Crippen LogP contribution in [-0.4, -0.2) is 43.2 Å². The van der Waals surface area contributed by atoms with Crippen LogP contribution in [0.4, 0.5) is 5.69 Å². The molecule has 0 spiro atoms. The van der Waals surface area contributed by atoms with Gasteiger partial charge in [-0.1, -0.05) is 6.07 Å². The minimum absolute atomic E-state index is 0.0514. The van der Waals surface area contributed by atoms with Gasteiger partial charge in [-0.25, -0.2) is 0 Å². The van der Waals surface area contributed by atoms with E-state index in [0.717, 1.165) is 18.8 Å². The Kier molecular flexibility index (Phi) is 2.74. The summed E-state index contributed by atoms with van der Waals surface area (Å²) in [5, 5.41) is 12.1. The molecule has 0 radical (unpaired) electrons. The maximum absolute atomic E-state index is 12.3. The first-order valence-electron chi connectivity index (χ1n) is 6.06. The van der Waals surface area contributed by atoms with Gasteiger partial charge in [0.05, 0.1) is 18.3 Å². The lowest BCUT2D eigenvalue weighted by molar-refractivity contribution is -0.119. The SMILES string of the molecule is N#Cc1cccc(N2CN3CCNCC3C2=O)c1.